The molecule has 0 radical (unpaired) electrons. The number of rotatable bonds is 3. The zero-order valence-electron chi connectivity index (χ0n) is 9.83. The van der Waals surface area contributed by atoms with E-state index >= 15 is 0 Å². The van der Waals surface area contributed by atoms with Gasteiger partial charge in [0.25, 0.3) is 5.91 Å². The number of halogens is 1. The Hall–Kier alpha value is -2.21. The fourth-order valence-electron chi connectivity index (χ4n) is 1.59. The molecule has 2 aromatic rings. The topological polar surface area (TPSA) is 83.8 Å². The highest BCUT2D eigenvalue weighted by molar-refractivity contribution is 6.04. The summed E-state index contributed by atoms with van der Waals surface area (Å²) >= 11 is 0. The number of carbonyl (C=O) groups is 1. The summed E-state index contributed by atoms with van der Waals surface area (Å²) in [5, 5.41) is 9.11. The van der Waals surface area contributed by atoms with Gasteiger partial charge in [0, 0.05) is 23.5 Å². The summed E-state index contributed by atoms with van der Waals surface area (Å²) in [5.41, 5.74) is 7.39. The predicted octanol–water partition coefficient (Wildman–Crippen LogP) is 1.57. The molecule has 0 unspecified atom stereocenters. The molecule has 2 rings (SSSR count). The SMILES string of the molecule is Cc1[nH]ncc1C(=O)Nc1ccc(F)c(CN)c1. The summed E-state index contributed by atoms with van der Waals surface area (Å²) in [4.78, 5) is 11.9. The van der Waals surface area contributed by atoms with Crippen LogP contribution >= 0.6 is 0 Å². The number of H-pyrrole nitrogens is 1. The number of hydrogen-bond acceptors (Lipinski definition) is 3. The van der Waals surface area contributed by atoms with Crippen molar-refractivity contribution in [3.05, 3.63) is 47.0 Å². The number of nitrogens with two attached hydrogens (primary N) is 1. The minimum absolute atomic E-state index is 0.0836. The highest BCUT2D eigenvalue weighted by Crippen LogP contribution is 2.15. The third-order valence-corrected chi connectivity index (χ3v) is 2.60. The monoisotopic (exact) mass is 248 g/mol. The fourth-order valence-corrected chi connectivity index (χ4v) is 1.59. The standard InChI is InChI=1S/C12H13FN4O/c1-7-10(6-15-17-7)12(18)16-9-2-3-11(13)8(4-9)5-14/h2-4,6H,5,14H2,1H3,(H,15,17)(H,16,18). The molecule has 0 atom stereocenters. The van der Waals surface area contributed by atoms with Gasteiger partial charge in [-0.2, -0.15) is 5.10 Å². The third-order valence-electron chi connectivity index (χ3n) is 2.60. The average molecular weight is 248 g/mol. The molecule has 0 saturated heterocycles. The highest BCUT2D eigenvalue weighted by Gasteiger charge is 2.11. The first kappa shape index (κ1) is 12.3. The number of aromatic nitrogens is 2. The molecular weight excluding hydrogens is 235 g/mol. The van der Waals surface area contributed by atoms with Gasteiger partial charge in [0.05, 0.1) is 11.8 Å². The Kier molecular flexibility index (Phi) is 3.38. The van der Waals surface area contributed by atoms with Crippen molar-refractivity contribution >= 4 is 11.6 Å². The summed E-state index contributed by atoms with van der Waals surface area (Å²) in [6, 6.07) is 4.28. The molecule has 1 heterocycles. The number of carbonyl (C=O) groups excluding carboxylic acids is 1. The molecule has 1 aromatic heterocycles. The van der Waals surface area contributed by atoms with Crippen molar-refractivity contribution in [3.63, 3.8) is 0 Å². The summed E-state index contributed by atoms with van der Waals surface area (Å²) in [6.07, 6.45) is 1.44. The number of aryl methyl sites for hydroxylation is 1. The summed E-state index contributed by atoms with van der Waals surface area (Å²) < 4.78 is 13.2. The van der Waals surface area contributed by atoms with Gasteiger partial charge in [-0.05, 0) is 25.1 Å². The quantitative estimate of drug-likeness (QED) is 0.770. The van der Waals surface area contributed by atoms with Crippen molar-refractivity contribution in [1.29, 1.82) is 0 Å². The number of nitrogens with one attached hydrogen (secondary N) is 2. The lowest BCUT2D eigenvalue weighted by atomic mass is 10.1. The summed E-state index contributed by atoms with van der Waals surface area (Å²) in [6.45, 7) is 1.83. The number of hydrogen-bond donors (Lipinski definition) is 3. The number of nitrogens with zero attached hydrogens (tertiary/aromatic N) is 1. The molecule has 94 valence electrons. The highest BCUT2D eigenvalue weighted by atomic mass is 19.1. The second-order valence-corrected chi connectivity index (χ2v) is 3.87. The lowest BCUT2D eigenvalue weighted by Crippen LogP contribution is -2.13. The molecule has 0 aliphatic heterocycles. The van der Waals surface area contributed by atoms with Gasteiger partial charge in [-0.15, -0.1) is 0 Å². The summed E-state index contributed by atoms with van der Waals surface area (Å²) in [7, 11) is 0. The molecule has 5 nitrogen and oxygen atoms in total. The van der Waals surface area contributed by atoms with Gasteiger partial charge in [0.1, 0.15) is 5.82 Å². The number of aromatic amines is 1. The largest absolute Gasteiger partial charge is 0.326 e. The number of amides is 1. The average Bonchev–Trinajstić information content (AvgIpc) is 2.78. The van der Waals surface area contributed by atoms with Gasteiger partial charge < -0.3 is 11.1 Å². The molecule has 0 bridgehead atoms. The molecule has 1 amide bonds. The van der Waals surface area contributed by atoms with Crippen LogP contribution in [0.1, 0.15) is 21.6 Å². The molecule has 0 aliphatic rings. The molecule has 0 aliphatic carbocycles. The minimum atomic E-state index is -0.380. The van der Waals surface area contributed by atoms with E-state index in [9.17, 15) is 9.18 Å². The normalized spacial score (nSPS) is 10.4. The maximum absolute atomic E-state index is 13.2. The van der Waals surface area contributed by atoms with Gasteiger partial charge in [-0.25, -0.2) is 4.39 Å². The Morgan fingerprint density at radius 3 is 2.94 bits per heavy atom. The predicted molar refractivity (Wildman–Crippen MR) is 65.6 cm³/mol. The first-order chi connectivity index (χ1) is 8.61. The molecule has 1 aromatic carbocycles. The van der Waals surface area contributed by atoms with E-state index < -0.39 is 0 Å². The maximum atomic E-state index is 13.2. The maximum Gasteiger partial charge on any atom is 0.259 e. The van der Waals surface area contributed by atoms with Gasteiger partial charge in [0.2, 0.25) is 0 Å². The van der Waals surface area contributed by atoms with E-state index in [1.54, 1.807) is 6.92 Å². The van der Waals surface area contributed by atoms with Crippen LogP contribution in [0.15, 0.2) is 24.4 Å². The molecule has 0 spiro atoms. The van der Waals surface area contributed by atoms with Crippen LogP contribution in [0.3, 0.4) is 0 Å². The van der Waals surface area contributed by atoms with Crippen LogP contribution in [-0.4, -0.2) is 16.1 Å². The third kappa shape index (κ3) is 2.38. The molecular formula is C12H13FN4O. The van der Waals surface area contributed by atoms with Gasteiger partial charge in [-0.3, -0.25) is 9.89 Å². The Balaban J connectivity index is 2.20. The van der Waals surface area contributed by atoms with E-state index in [-0.39, 0.29) is 18.3 Å². The van der Waals surface area contributed by atoms with Crippen LogP contribution < -0.4 is 11.1 Å². The van der Waals surface area contributed by atoms with E-state index in [0.29, 0.717) is 22.5 Å². The molecule has 6 heteroatoms. The molecule has 18 heavy (non-hydrogen) atoms. The van der Waals surface area contributed by atoms with Crippen LogP contribution in [0.2, 0.25) is 0 Å². The van der Waals surface area contributed by atoms with E-state index in [2.05, 4.69) is 15.5 Å². The van der Waals surface area contributed by atoms with Crippen molar-refractivity contribution in [2.75, 3.05) is 5.32 Å². The zero-order chi connectivity index (χ0) is 13.1. The molecule has 0 fully saturated rings. The van der Waals surface area contributed by atoms with E-state index in [1.807, 2.05) is 0 Å². The smallest absolute Gasteiger partial charge is 0.259 e. The number of anilines is 1. The number of benzene rings is 1. The lowest BCUT2D eigenvalue weighted by Gasteiger charge is -2.07. The van der Waals surface area contributed by atoms with Crippen LogP contribution in [0.4, 0.5) is 10.1 Å². The second-order valence-electron chi connectivity index (χ2n) is 3.87. The Bertz CT molecular complexity index is 579. The summed E-state index contributed by atoms with van der Waals surface area (Å²) in [5.74, 6) is -0.675. The van der Waals surface area contributed by atoms with Crippen molar-refractivity contribution in [2.45, 2.75) is 13.5 Å². The Morgan fingerprint density at radius 2 is 2.33 bits per heavy atom. The van der Waals surface area contributed by atoms with Crippen molar-refractivity contribution in [1.82, 2.24) is 10.2 Å². The molecule has 0 saturated carbocycles. The van der Waals surface area contributed by atoms with Crippen molar-refractivity contribution in [2.24, 2.45) is 5.73 Å². The van der Waals surface area contributed by atoms with Crippen LogP contribution in [0.5, 0.6) is 0 Å². The Morgan fingerprint density at radius 1 is 1.56 bits per heavy atom. The van der Waals surface area contributed by atoms with Gasteiger partial charge >= 0.3 is 0 Å². The fraction of sp³-hybridized carbons (Fsp3) is 0.167. The van der Waals surface area contributed by atoms with Crippen LogP contribution in [0.25, 0.3) is 0 Å². The van der Waals surface area contributed by atoms with Crippen LogP contribution in [0, 0.1) is 12.7 Å². The van der Waals surface area contributed by atoms with Crippen molar-refractivity contribution < 1.29 is 9.18 Å². The molecule has 4 N–H and O–H groups in total. The van der Waals surface area contributed by atoms with E-state index in [4.69, 9.17) is 5.73 Å². The van der Waals surface area contributed by atoms with Gasteiger partial charge in [-0.1, -0.05) is 0 Å². The van der Waals surface area contributed by atoms with Crippen molar-refractivity contribution in [3.8, 4) is 0 Å². The minimum Gasteiger partial charge on any atom is -0.326 e. The first-order valence-corrected chi connectivity index (χ1v) is 5.41. The van der Waals surface area contributed by atoms with Gasteiger partial charge in [0.15, 0.2) is 0 Å². The zero-order valence-corrected chi connectivity index (χ0v) is 9.83. The lowest BCUT2D eigenvalue weighted by molar-refractivity contribution is 0.102. The van der Waals surface area contributed by atoms with E-state index in [0.717, 1.165) is 0 Å². The first-order valence-electron chi connectivity index (χ1n) is 5.41. The second kappa shape index (κ2) is 4.97. The van der Waals surface area contributed by atoms with E-state index in [1.165, 1.54) is 24.4 Å². The Labute approximate surface area is 103 Å². The van der Waals surface area contributed by atoms with Crippen LogP contribution in [-0.2, 0) is 6.54 Å².